The molecule has 31 heavy (non-hydrogen) atoms. The van der Waals surface area contributed by atoms with Gasteiger partial charge in [0.15, 0.2) is 16.8 Å². The fourth-order valence-electron chi connectivity index (χ4n) is 3.39. The number of allylic oxidation sites excluding steroid dienone is 1. The highest BCUT2D eigenvalue weighted by Gasteiger charge is 2.15. The zero-order chi connectivity index (χ0) is 21.6. The van der Waals surface area contributed by atoms with Gasteiger partial charge in [0.05, 0.1) is 5.75 Å². The van der Waals surface area contributed by atoms with E-state index < -0.39 is 0 Å². The minimum atomic E-state index is 0.0586. The number of hydrogen-bond acceptors (Lipinski definition) is 5. The number of hydrogen-bond donors (Lipinski definition) is 0. The second kappa shape index (κ2) is 9.62. The lowest BCUT2D eigenvalue weighted by molar-refractivity contribution is 0.102. The fraction of sp³-hybridized carbons (Fsp3) is 0.160. The molecule has 0 saturated carbocycles. The average molecular weight is 430 g/mol. The summed E-state index contributed by atoms with van der Waals surface area (Å²) in [7, 11) is 0. The third kappa shape index (κ3) is 4.70. The lowest BCUT2D eigenvalue weighted by Gasteiger charge is -2.12. The molecule has 6 heteroatoms. The molecule has 0 atom stereocenters. The van der Waals surface area contributed by atoms with Crippen molar-refractivity contribution in [3.8, 4) is 5.75 Å². The number of carbonyl (C=O) groups is 1. The maximum Gasteiger partial charge on any atom is 0.192 e. The minimum absolute atomic E-state index is 0.0586. The Morgan fingerprint density at radius 3 is 2.65 bits per heavy atom. The van der Waals surface area contributed by atoms with E-state index >= 15 is 0 Å². The van der Waals surface area contributed by atoms with Crippen LogP contribution in [0.25, 0.3) is 10.8 Å². The van der Waals surface area contributed by atoms with Gasteiger partial charge in [0.1, 0.15) is 12.4 Å². The Morgan fingerprint density at radius 2 is 1.84 bits per heavy atom. The predicted octanol–water partition coefficient (Wildman–Crippen LogP) is 5.48. The number of thioether (sulfide) groups is 1. The van der Waals surface area contributed by atoms with Crippen LogP contribution in [0.15, 0.2) is 84.5 Å². The molecule has 156 valence electrons. The molecule has 0 bridgehead atoms. The molecule has 0 aliphatic rings. The monoisotopic (exact) mass is 429 g/mol. The molecule has 4 aromatic rings. The van der Waals surface area contributed by atoms with Crippen LogP contribution in [0.1, 0.15) is 21.7 Å². The van der Waals surface area contributed by atoms with Gasteiger partial charge in [-0.2, -0.15) is 0 Å². The van der Waals surface area contributed by atoms with E-state index in [9.17, 15) is 4.79 Å². The molecule has 5 nitrogen and oxygen atoms in total. The lowest BCUT2D eigenvalue weighted by atomic mass is 10.0. The fourth-order valence-corrected chi connectivity index (χ4v) is 4.25. The Kier molecular flexibility index (Phi) is 6.48. The molecule has 3 aromatic carbocycles. The van der Waals surface area contributed by atoms with Crippen LogP contribution < -0.4 is 4.74 Å². The van der Waals surface area contributed by atoms with Crippen LogP contribution in [0.3, 0.4) is 0 Å². The first-order valence-electron chi connectivity index (χ1n) is 10.0. The molecule has 0 fully saturated rings. The van der Waals surface area contributed by atoms with E-state index in [2.05, 4.69) is 41.9 Å². The molecule has 0 aliphatic heterocycles. The van der Waals surface area contributed by atoms with E-state index in [-0.39, 0.29) is 12.4 Å². The molecule has 1 heterocycles. The van der Waals surface area contributed by atoms with E-state index in [1.165, 1.54) is 22.5 Å². The standard InChI is InChI=1S/C25H23N3O2S/c1-3-15-28-24(16-30-23-14-13-19-9-7-8-12-21(19)18(23)2)26-27-25(28)31-17-22(29)20-10-5-4-6-11-20/h3-14H,1,15-17H2,2H3. The summed E-state index contributed by atoms with van der Waals surface area (Å²) in [5, 5.41) is 11.6. The van der Waals surface area contributed by atoms with Gasteiger partial charge in [-0.1, -0.05) is 78.5 Å². The largest absolute Gasteiger partial charge is 0.485 e. The summed E-state index contributed by atoms with van der Waals surface area (Å²) in [5.41, 5.74) is 1.79. The summed E-state index contributed by atoms with van der Waals surface area (Å²) in [4.78, 5) is 12.4. The van der Waals surface area contributed by atoms with Crippen LogP contribution in [-0.4, -0.2) is 26.3 Å². The van der Waals surface area contributed by atoms with Gasteiger partial charge in [0.2, 0.25) is 0 Å². The molecule has 0 aliphatic carbocycles. The van der Waals surface area contributed by atoms with Crippen molar-refractivity contribution in [1.82, 2.24) is 14.8 Å². The van der Waals surface area contributed by atoms with Crippen molar-refractivity contribution in [2.45, 2.75) is 25.2 Å². The molecule has 0 amide bonds. The van der Waals surface area contributed by atoms with Crippen molar-refractivity contribution in [3.05, 3.63) is 96.3 Å². The Balaban J connectivity index is 1.48. The van der Waals surface area contributed by atoms with E-state index in [1.54, 1.807) is 6.08 Å². The van der Waals surface area contributed by atoms with Gasteiger partial charge in [0.25, 0.3) is 0 Å². The van der Waals surface area contributed by atoms with E-state index in [0.717, 1.165) is 11.3 Å². The first-order valence-corrected chi connectivity index (χ1v) is 11.0. The number of aromatic nitrogens is 3. The third-order valence-corrected chi connectivity index (χ3v) is 6.01. The van der Waals surface area contributed by atoms with E-state index in [1.807, 2.05) is 53.1 Å². The number of ketones is 1. The summed E-state index contributed by atoms with van der Waals surface area (Å²) in [6.45, 7) is 6.72. The summed E-state index contributed by atoms with van der Waals surface area (Å²) >= 11 is 1.37. The first kappa shape index (κ1) is 20.9. The topological polar surface area (TPSA) is 57.0 Å². The van der Waals surface area contributed by atoms with E-state index in [4.69, 9.17) is 4.74 Å². The molecular weight excluding hydrogens is 406 g/mol. The highest BCUT2D eigenvalue weighted by Crippen LogP contribution is 2.28. The number of nitrogens with zero attached hydrogens (tertiary/aromatic N) is 3. The van der Waals surface area contributed by atoms with Gasteiger partial charge < -0.3 is 4.74 Å². The molecule has 0 radical (unpaired) electrons. The van der Waals surface area contributed by atoms with Crippen molar-refractivity contribution in [1.29, 1.82) is 0 Å². The van der Waals surface area contributed by atoms with E-state index in [0.29, 0.717) is 28.8 Å². The maximum absolute atomic E-state index is 12.4. The number of benzene rings is 3. The normalized spacial score (nSPS) is 10.9. The molecule has 0 N–H and O–H groups in total. The van der Waals surface area contributed by atoms with Gasteiger partial charge in [-0.15, -0.1) is 16.8 Å². The van der Waals surface area contributed by atoms with Gasteiger partial charge in [0, 0.05) is 12.1 Å². The number of Topliss-reactive ketones (excluding diaryl/α,β-unsaturated/α-hetero) is 1. The predicted molar refractivity (Wildman–Crippen MR) is 125 cm³/mol. The van der Waals surface area contributed by atoms with Crippen LogP contribution in [0.2, 0.25) is 0 Å². The molecule has 0 unspecified atom stereocenters. The number of carbonyl (C=O) groups excluding carboxylic acids is 1. The first-order chi connectivity index (χ1) is 15.2. The van der Waals surface area contributed by atoms with Gasteiger partial charge in [-0.25, -0.2) is 0 Å². The van der Waals surface area contributed by atoms with Crippen molar-refractivity contribution in [2.24, 2.45) is 0 Å². The van der Waals surface area contributed by atoms with Gasteiger partial charge >= 0.3 is 0 Å². The Morgan fingerprint density at radius 1 is 1.06 bits per heavy atom. The van der Waals surface area contributed by atoms with Crippen LogP contribution >= 0.6 is 11.8 Å². The molecular formula is C25H23N3O2S. The summed E-state index contributed by atoms with van der Waals surface area (Å²) in [5.74, 6) is 1.87. The van der Waals surface area contributed by atoms with Crippen molar-refractivity contribution in [2.75, 3.05) is 5.75 Å². The molecule has 0 spiro atoms. The molecule has 1 aromatic heterocycles. The SMILES string of the molecule is C=CCn1c(COc2ccc3ccccc3c2C)nnc1SCC(=O)c1ccccc1. The third-order valence-electron chi connectivity index (χ3n) is 5.04. The highest BCUT2D eigenvalue weighted by atomic mass is 32.2. The second-order valence-corrected chi connectivity index (χ2v) is 8.02. The Labute approximate surface area is 185 Å². The van der Waals surface area contributed by atoms with Gasteiger partial charge in [-0.3, -0.25) is 9.36 Å². The number of ether oxygens (including phenoxy) is 1. The zero-order valence-electron chi connectivity index (χ0n) is 17.3. The maximum atomic E-state index is 12.4. The molecule has 0 saturated heterocycles. The van der Waals surface area contributed by atoms with Crippen molar-refractivity contribution in [3.63, 3.8) is 0 Å². The minimum Gasteiger partial charge on any atom is -0.485 e. The second-order valence-electron chi connectivity index (χ2n) is 7.07. The van der Waals surface area contributed by atoms with Crippen LogP contribution in [-0.2, 0) is 13.2 Å². The summed E-state index contributed by atoms with van der Waals surface area (Å²) in [6.07, 6.45) is 1.79. The quantitative estimate of drug-likeness (QED) is 0.200. The van der Waals surface area contributed by atoms with Crippen LogP contribution in [0.4, 0.5) is 0 Å². The number of fused-ring (bicyclic) bond motifs is 1. The summed E-state index contributed by atoms with van der Waals surface area (Å²) < 4.78 is 8.03. The van der Waals surface area contributed by atoms with Crippen molar-refractivity contribution < 1.29 is 9.53 Å². The number of rotatable bonds is 9. The lowest BCUT2D eigenvalue weighted by Crippen LogP contribution is -2.09. The highest BCUT2D eigenvalue weighted by molar-refractivity contribution is 7.99. The zero-order valence-corrected chi connectivity index (χ0v) is 18.1. The summed E-state index contributed by atoms with van der Waals surface area (Å²) in [6, 6.07) is 21.6. The van der Waals surface area contributed by atoms with Crippen molar-refractivity contribution >= 4 is 28.3 Å². The smallest absolute Gasteiger partial charge is 0.192 e. The average Bonchev–Trinajstić information content (AvgIpc) is 3.19. The molecule has 4 rings (SSSR count). The van der Waals surface area contributed by atoms with Gasteiger partial charge in [-0.05, 0) is 29.3 Å². The van der Waals surface area contributed by atoms with Crippen LogP contribution in [0.5, 0.6) is 5.75 Å². The number of aryl methyl sites for hydroxylation is 1. The van der Waals surface area contributed by atoms with Crippen LogP contribution in [0, 0.1) is 6.92 Å². The Hall–Kier alpha value is -3.38. The Bertz CT molecular complexity index is 1220.